The zero-order chi connectivity index (χ0) is 27.8. The first kappa shape index (κ1) is 27.1. The van der Waals surface area contributed by atoms with Crippen LogP contribution in [0, 0.1) is 0 Å². The highest BCUT2D eigenvalue weighted by atomic mass is 16.6. The predicted molar refractivity (Wildman–Crippen MR) is 148 cm³/mol. The van der Waals surface area contributed by atoms with Crippen LogP contribution in [-0.4, -0.2) is 28.1 Å². The summed E-state index contributed by atoms with van der Waals surface area (Å²) in [5.41, 5.74) is 8.17. The average Bonchev–Trinajstić information content (AvgIpc) is 2.94. The predicted octanol–water partition coefficient (Wildman–Crippen LogP) is 6.03. The summed E-state index contributed by atoms with van der Waals surface area (Å²) < 4.78 is 0. The molecule has 8 heteroatoms. The molecule has 4 N–H and O–H groups in total. The lowest BCUT2D eigenvalue weighted by atomic mass is 10.00. The van der Waals surface area contributed by atoms with E-state index in [0.29, 0.717) is 24.1 Å². The van der Waals surface area contributed by atoms with Crippen LogP contribution in [0.25, 0.3) is 0 Å². The number of carbonyl (C=O) groups is 3. The van der Waals surface area contributed by atoms with E-state index in [1.54, 1.807) is 36.4 Å². The van der Waals surface area contributed by atoms with Gasteiger partial charge in [0, 0.05) is 5.69 Å². The summed E-state index contributed by atoms with van der Waals surface area (Å²) in [6.45, 7) is 2.10. The molecule has 198 valence electrons. The number of aryl methyl sites for hydroxylation is 1. The van der Waals surface area contributed by atoms with Crippen LogP contribution in [0.15, 0.2) is 91.0 Å². The summed E-state index contributed by atoms with van der Waals surface area (Å²) in [5.74, 6) is -2.61. The van der Waals surface area contributed by atoms with Crippen LogP contribution < -0.4 is 10.8 Å². The monoisotopic (exact) mass is 524 g/mol. The van der Waals surface area contributed by atoms with E-state index in [-0.39, 0.29) is 23.3 Å². The number of nitrogens with one attached hydrogen (secondary N) is 2. The van der Waals surface area contributed by atoms with Crippen LogP contribution in [0.1, 0.15) is 60.3 Å². The van der Waals surface area contributed by atoms with E-state index >= 15 is 0 Å². The average molecular weight is 525 g/mol. The van der Waals surface area contributed by atoms with Gasteiger partial charge in [0.25, 0.3) is 5.91 Å². The summed E-state index contributed by atoms with van der Waals surface area (Å²) in [4.78, 5) is 41.1. The Kier molecular flexibility index (Phi) is 8.71. The Labute approximate surface area is 225 Å². The van der Waals surface area contributed by atoms with Crippen molar-refractivity contribution in [3.05, 3.63) is 130 Å². The second-order valence-electron chi connectivity index (χ2n) is 8.88. The first-order valence-corrected chi connectivity index (χ1v) is 12.4. The topological polar surface area (TPSA) is 125 Å². The van der Waals surface area contributed by atoms with Gasteiger partial charge in [0.2, 0.25) is 0 Å². The van der Waals surface area contributed by atoms with E-state index in [4.69, 9.17) is 4.84 Å². The van der Waals surface area contributed by atoms with E-state index in [2.05, 4.69) is 10.8 Å². The smallest absolute Gasteiger partial charge is 0.336 e. The molecule has 0 fully saturated rings. The fraction of sp³-hybridized carbons (Fsp3) is 0.129. The number of carboxylic acids is 2. The molecule has 39 heavy (non-hydrogen) atoms. The molecule has 4 rings (SSSR count). The Morgan fingerprint density at radius 2 is 1.33 bits per heavy atom. The van der Waals surface area contributed by atoms with E-state index in [1.807, 2.05) is 49.4 Å². The van der Waals surface area contributed by atoms with Gasteiger partial charge in [0.1, 0.15) is 6.61 Å². The molecule has 4 aromatic carbocycles. The van der Waals surface area contributed by atoms with Crippen molar-refractivity contribution < 1.29 is 29.4 Å². The van der Waals surface area contributed by atoms with Crippen LogP contribution in [0.4, 0.5) is 11.4 Å². The second-order valence-corrected chi connectivity index (χ2v) is 8.88. The highest BCUT2D eigenvalue weighted by Gasteiger charge is 2.17. The van der Waals surface area contributed by atoms with Gasteiger partial charge in [0.15, 0.2) is 0 Å². The van der Waals surface area contributed by atoms with Crippen molar-refractivity contribution in [3.8, 4) is 0 Å². The quantitative estimate of drug-likeness (QED) is 0.177. The molecule has 0 radical (unpaired) electrons. The maximum absolute atomic E-state index is 12.8. The van der Waals surface area contributed by atoms with Gasteiger partial charge >= 0.3 is 11.9 Å². The maximum Gasteiger partial charge on any atom is 0.336 e. The third-order valence-electron chi connectivity index (χ3n) is 6.23. The third kappa shape index (κ3) is 6.88. The number of rotatable bonds is 11. The molecule has 0 unspecified atom stereocenters. The van der Waals surface area contributed by atoms with Crippen LogP contribution in [0.2, 0.25) is 0 Å². The highest BCUT2D eigenvalue weighted by Crippen LogP contribution is 2.23. The van der Waals surface area contributed by atoms with Crippen LogP contribution in [-0.2, 0) is 24.3 Å². The summed E-state index contributed by atoms with van der Waals surface area (Å²) in [7, 11) is 0. The number of hydrogen-bond donors (Lipinski definition) is 4. The van der Waals surface area contributed by atoms with Gasteiger partial charge in [-0.15, -0.1) is 0 Å². The normalized spacial score (nSPS) is 10.6. The van der Waals surface area contributed by atoms with E-state index in [1.165, 1.54) is 12.1 Å². The zero-order valence-corrected chi connectivity index (χ0v) is 21.3. The summed E-state index contributed by atoms with van der Waals surface area (Å²) in [5, 5.41) is 21.5. The molecular weight excluding hydrogens is 496 g/mol. The highest BCUT2D eigenvalue weighted by molar-refractivity contribution is 6.10. The first-order valence-electron chi connectivity index (χ1n) is 12.4. The summed E-state index contributed by atoms with van der Waals surface area (Å²) in [6, 6.07) is 26.3. The van der Waals surface area contributed by atoms with Crippen molar-refractivity contribution in [1.29, 1.82) is 0 Å². The Morgan fingerprint density at radius 1 is 0.718 bits per heavy atom. The van der Waals surface area contributed by atoms with Crippen molar-refractivity contribution in [2.75, 3.05) is 10.8 Å². The second kappa shape index (κ2) is 12.5. The minimum atomic E-state index is -1.15. The fourth-order valence-corrected chi connectivity index (χ4v) is 4.21. The molecule has 0 bridgehead atoms. The van der Waals surface area contributed by atoms with Gasteiger partial charge in [0.05, 0.1) is 22.4 Å². The number of amides is 1. The van der Waals surface area contributed by atoms with Gasteiger partial charge in [-0.1, -0.05) is 61.5 Å². The number of carbonyl (C=O) groups excluding carboxylic acids is 1. The Bertz CT molecular complexity index is 1500. The lowest BCUT2D eigenvalue weighted by molar-refractivity contribution is 0.0682. The van der Waals surface area contributed by atoms with Gasteiger partial charge in [-0.2, -0.15) is 0 Å². The molecule has 0 saturated carbocycles. The van der Waals surface area contributed by atoms with Crippen molar-refractivity contribution in [2.24, 2.45) is 0 Å². The first-order chi connectivity index (χ1) is 18.9. The Balaban J connectivity index is 1.37. The van der Waals surface area contributed by atoms with E-state index < -0.39 is 17.8 Å². The number of aromatic carboxylic acids is 2. The number of benzene rings is 4. The minimum absolute atomic E-state index is 0.0434. The zero-order valence-electron chi connectivity index (χ0n) is 21.3. The van der Waals surface area contributed by atoms with Gasteiger partial charge in [-0.05, 0) is 71.5 Å². The molecule has 0 atom stereocenters. The van der Waals surface area contributed by atoms with E-state index in [0.717, 1.165) is 22.4 Å². The molecular formula is C31H28N2O6. The van der Waals surface area contributed by atoms with Crippen molar-refractivity contribution in [3.63, 3.8) is 0 Å². The maximum atomic E-state index is 12.8. The number of carboxylic acid groups (broad SMARTS) is 2. The molecule has 1 amide bonds. The molecule has 0 aliphatic carbocycles. The molecule has 0 saturated heterocycles. The van der Waals surface area contributed by atoms with Gasteiger partial charge in [-0.25, -0.2) is 9.59 Å². The van der Waals surface area contributed by atoms with E-state index in [9.17, 15) is 24.6 Å². The fourth-order valence-electron chi connectivity index (χ4n) is 4.21. The number of anilines is 2. The van der Waals surface area contributed by atoms with Crippen molar-refractivity contribution in [1.82, 2.24) is 0 Å². The molecule has 0 heterocycles. The van der Waals surface area contributed by atoms with Gasteiger partial charge in [-0.3, -0.25) is 15.1 Å². The minimum Gasteiger partial charge on any atom is -0.478 e. The molecule has 0 aliphatic rings. The molecule has 0 aliphatic heterocycles. The van der Waals surface area contributed by atoms with Gasteiger partial charge < -0.3 is 15.5 Å². The Morgan fingerprint density at radius 3 is 2.00 bits per heavy atom. The van der Waals surface area contributed by atoms with Crippen LogP contribution >= 0.6 is 0 Å². The summed E-state index contributed by atoms with van der Waals surface area (Å²) >= 11 is 0. The standard InChI is InChI=1S/C31H28N2O6/c1-2-22-18-21(13-16-28(22)32-29(34)26-9-5-6-10-27(26)31(37)38)17-20-11-14-24(15-12-20)33-39-19-23-7-3-4-8-25(23)30(35)36/h3-16,18,33H,2,17,19H2,1H3,(H,32,34)(H,35,36)(H,37,38). The lowest BCUT2D eigenvalue weighted by Gasteiger charge is -2.13. The van der Waals surface area contributed by atoms with Crippen LogP contribution in [0.5, 0.6) is 0 Å². The van der Waals surface area contributed by atoms with Crippen LogP contribution in [0.3, 0.4) is 0 Å². The summed E-state index contributed by atoms with van der Waals surface area (Å²) in [6.07, 6.45) is 1.37. The van der Waals surface area contributed by atoms with Crippen molar-refractivity contribution >= 4 is 29.2 Å². The Hall–Kier alpha value is -4.95. The third-order valence-corrected chi connectivity index (χ3v) is 6.23. The largest absolute Gasteiger partial charge is 0.478 e. The van der Waals surface area contributed by atoms with Crippen molar-refractivity contribution in [2.45, 2.75) is 26.4 Å². The molecule has 8 nitrogen and oxygen atoms in total. The lowest BCUT2D eigenvalue weighted by Crippen LogP contribution is -2.17. The molecule has 4 aromatic rings. The molecule has 0 aromatic heterocycles. The SMILES string of the molecule is CCc1cc(Cc2ccc(NOCc3ccccc3C(=O)O)cc2)ccc1NC(=O)c1ccccc1C(=O)O. The molecule has 0 spiro atoms. The number of hydrogen-bond acceptors (Lipinski definition) is 5.